The van der Waals surface area contributed by atoms with Crippen molar-refractivity contribution >= 4 is 5.91 Å². The number of nitrogens with two attached hydrogens (primary N) is 1. The third-order valence-electron chi connectivity index (χ3n) is 6.69. The molecule has 1 aliphatic heterocycles. The fraction of sp³-hybridized carbons (Fsp3) is 0.650. The van der Waals surface area contributed by atoms with Crippen LogP contribution in [0.3, 0.4) is 0 Å². The Hall–Kier alpha value is -1.42. The van der Waals surface area contributed by atoms with Gasteiger partial charge in [0.2, 0.25) is 5.91 Å². The molecule has 3 unspecified atom stereocenters. The maximum absolute atomic E-state index is 13.8. The molecule has 2 saturated carbocycles. The van der Waals surface area contributed by atoms with Gasteiger partial charge in [0.1, 0.15) is 5.82 Å². The molecule has 3 atom stereocenters. The topological polar surface area (TPSA) is 46.3 Å². The summed E-state index contributed by atoms with van der Waals surface area (Å²) in [4.78, 5) is 15.6. The third-order valence-corrected chi connectivity index (χ3v) is 6.69. The number of benzene rings is 1. The summed E-state index contributed by atoms with van der Waals surface area (Å²) in [6.07, 6.45) is 7.17. The Balaban J connectivity index is 1.63. The first-order chi connectivity index (χ1) is 11.6. The van der Waals surface area contributed by atoms with Gasteiger partial charge in [0.15, 0.2) is 0 Å². The van der Waals surface area contributed by atoms with Gasteiger partial charge < -0.3 is 10.6 Å². The summed E-state index contributed by atoms with van der Waals surface area (Å²) in [7, 11) is 0. The van der Waals surface area contributed by atoms with E-state index in [0.29, 0.717) is 11.8 Å². The molecule has 3 nitrogen and oxygen atoms in total. The highest BCUT2D eigenvalue weighted by atomic mass is 19.1. The van der Waals surface area contributed by atoms with Gasteiger partial charge in [0, 0.05) is 19.1 Å². The van der Waals surface area contributed by atoms with Crippen molar-refractivity contribution in [3.63, 3.8) is 0 Å². The smallest absolute Gasteiger partial charge is 0.233 e. The fourth-order valence-electron chi connectivity index (χ4n) is 5.34. The maximum Gasteiger partial charge on any atom is 0.233 e. The van der Waals surface area contributed by atoms with Crippen molar-refractivity contribution in [1.29, 1.82) is 0 Å². The molecule has 4 rings (SSSR count). The van der Waals surface area contributed by atoms with Crippen LogP contribution in [0.5, 0.6) is 0 Å². The normalized spacial score (nSPS) is 31.9. The lowest BCUT2D eigenvalue weighted by Crippen LogP contribution is -2.48. The first kappa shape index (κ1) is 16.1. The van der Waals surface area contributed by atoms with Gasteiger partial charge in [-0.15, -0.1) is 0 Å². The lowest BCUT2D eigenvalue weighted by molar-refractivity contribution is -0.138. The molecule has 0 bridgehead atoms. The Labute approximate surface area is 143 Å². The molecule has 3 aliphatic rings. The second kappa shape index (κ2) is 6.14. The Morgan fingerprint density at radius 3 is 2.67 bits per heavy atom. The molecule has 1 heterocycles. The molecule has 0 radical (unpaired) electrons. The van der Waals surface area contributed by atoms with Gasteiger partial charge >= 0.3 is 0 Å². The first-order valence-corrected chi connectivity index (χ1v) is 9.41. The van der Waals surface area contributed by atoms with Gasteiger partial charge in [-0.2, -0.15) is 0 Å². The Morgan fingerprint density at radius 1 is 1.17 bits per heavy atom. The van der Waals surface area contributed by atoms with Crippen LogP contribution in [-0.2, 0) is 10.2 Å². The number of rotatable bonds is 2. The van der Waals surface area contributed by atoms with Crippen LogP contribution in [-0.4, -0.2) is 29.9 Å². The summed E-state index contributed by atoms with van der Waals surface area (Å²) in [5.41, 5.74) is 6.58. The van der Waals surface area contributed by atoms with Crippen molar-refractivity contribution in [2.75, 3.05) is 13.1 Å². The van der Waals surface area contributed by atoms with Crippen molar-refractivity contribution < 1.29 is 9.18 Å². The zero-order valence-electron chi connectivity index (χ0n) is 14.2. The molecule has 0 aromatic heterocycles. The summed E-state index contributed by atoms with van der Waals surface area (Å²) in [6, 6.07) is 6.96. The van der Waals surface area contributed by atoms with E-state index in [0.717, 1.165) is 57.2 Å². The molecule has 0 spiro atoms. The molecule has 4 heteroatoms. The van der Waals surface area contributed by atoms with E-state index in [2.05, 4.69) is 0 Å². The van der Waals surface area contributed by atoms with Crippen LogP contribution < -0.4 is 5.73 Å². The second-order valence-electron chi connectivity index (χ2n) is 8.03. The fourth-order valence-corrected chi connectivity index (χ4v) is 5.34. The number of amides is 1. The molecule has 2 N–H and O–H groups in total. The average molecular weight is 330 g/mol. The van der Waals surface area contributed by atoms with Crippen LogP contribution in [0.4, 0.5) is 4.39 Å². The van der Waals surface area contributed by atoms with E-state index >= 15 is 0 Å². The van der Waals surface area contributed by atoms with Gasteiger partial charge in [-0.25, -0.2) is 4.39 Å². The van der Waals surface area contributed by atoms with Crippen molar-refractivity contribution in [3.8, 4) is 0 Å². The summed E-state index contributed by atoms with van der Waals surface area (Å²) < 4.78 is 13.8. The predicted molar refractivity (Wildman–Crippen MR) is 91.9 cm³/mol. The highest BCUT2D eigenvalue weighted by Gasteiger charge is 2.49. The van der Waals surface area contributed by atoms with Crippen LogP contribution in [0, 0.1) is 17.7 Å². The second-order valence-corrected chi connectivity index (χ2v) is 8.03. The quantitative estimate of drug-likeness (QED) is 0.905. The van der Waals surface area contributed by atoms with Crippen LogP contribution >= 0.6 is 0 Å². The van der Waals surface area contributed by atoms with Crippen molar-refractivity contribution in [3.05, 3.63) is 35.6 Å². The molecule has 2 aliphatic carbocycles. The van der Waals surface area contributed by atoms with Crippen LogP contribution in [0.1, 0.15) is 50.5 Å². The minimum absolute atomic E-state index is 0.217. The molecular weight excluding hydrogens is 303 g/mol. The summed E-state index contributed by atoms with van der Waals surface area (Å²) in [5, 5.41) is 0. The van der Waals surface area contributed by atoms with E-state index in [-0.39, 0.29) is 17.8 Å². The molecule has 1 aromatic rings. The zero-order valence-corrected chi connectivity index (χ0v) is 14.2. The monoisotopic (exact) mass is 330 g/mol. The number of carbonyl (C=O) groups is 1. The predicted octanol–water partition coefficient (Wildman–Crippen LogP) is 3.22. The summed E-state index contributed by atoms with van der Waals surface area (Å²) in [6.45, 7) is 1.63. The number of halogens is 1. The van der Waals surface area contributed by atoms with E-state index < -0.39 is 5.41 Å². The summed E-state index contributed by atoms with van der Waals surface area (Å²) >= 11 is 0. The Morgan fingerprint density at radius 2 is 1.96 bits per heavy atom. The van der Waals surface area contributed by atoms with Gasteiger partial charge in [0.05, 0.1) is 5.41 Å². The lowest BCUT2D eigenvalue weighted by Gasteiger charge is -2.39. The molecule has 3 fully saturated rings. The van der Waals surface area contributed by atoms with Crippen molar-refractivity contribution in [2.45, 2.75) is 56.4 Å². The SMILES string of the molecule is NC1CCC2CN(C(=O)C3(c4cccc(F)c4)CCCCC3)CC12. The number of nitrogens with zero attached hydrogens (tertiary/aromatic N) is 1. The van der Waals surface area contributed by atoms with E-state index in [4.69, 9.17) is 5.73 Å². The van der Waals surface area contributed by atoms with Gasteiger partial charge in [-0.05, 0) is 55.2 Å². The van der Waals surface area contributed by atoms with Crippen molar-refractivity contribution in [1.82, 2.24) is 4.90 Å². The maximum atomic E-state index is 13.8. The van der Waals surface area contributed by atoms with Crippen LogP contribution in [0.25, 0.3) is 0 Å². The third kappa shape index (κ3) is 2.55. The average Bonchev–Trinajstić information content (AvgIpc) is 3.17. The first-order valence-electron chi connectivity index (χ1n) is 9.41. The molecular formula is C20H27FN2O. The molecule has 24 heavy (non-hydrogen) atoms. The number of fused-ring (bicyclic) bond motifs is 1. The standard InChI is InChI=1S/C20H27FN2O/c21-16-6-4-5-15(11-16)20(9-2-1-3-10-20)19(24)23-12-14-7-8-18(22)17(14)13-23/h4-6,11,14,17-18H,1-3,7-10,12-13,22H2. The number of carbonyl (C=O) groups excluding carboxylic acids is 1. The molecule has 1 saturated heterocycles. The Kier molecular flexibility index (Phi) is 4.11. The minimum atomic E-state index is -0.525. The zero-order chi connectivity index (χ0) is 16.7. The van der Waals surface area contributed by atoms with Gasteiger partial charge in [0.25, 0.3) is 0 Å². The largest absolute Gasteiger partial charge is 0.341 e. The Bertz CT molecular complexity index is 626. The van der Waals surface area contributed by atoms with E-state index in [1.54, 1.807) is 12.1 Å². The van der Waals surface area contributed by atoms with Crippen molar-refractivity contribution in [2.24, 2.45) is 17.6 Å². The highest BCUT2D eigenvalue weighted by molar-refractivity contribution is 5.88. The number of likely N-dealkylation sites (tertiary alicyclic amines) is 1. The van der Waals surface area contributed by atoms with E-state index in [1.807, 2.05) is 11.0 Å². The number of hydrogen-bond acceptors (Lipinski definition) is 2. The van der Waals surface area contributed by atoms with Gasteiger partial charge in [-0.3, -0.25) is 4.79 Å². The number of hydrogen-bond donors (Lipinski definition) is 1. The van der Waals surface area contributed by atoms with E-state index in [9.17, 15) is 9.18 Å². The van der Waals surface area contributed by atoms with Crippen LogP contribution in [0.15, 0.2) is 24.3 Å². The van der Waals surface area contributed by atoms with Crippen LogP contribution in [0.2, 0.25) is 0 Å². The molecule has 1 amide bonds. The minimum Gasteiger partial charge on any atom is -0.341 e. The van der Waals surface area contributed by atoms with E-state index in [1.165, 1.54) is 12.5 Å². The van der Waals surface area contributed by atoms with Gasteiger partial charge in [-0.1, -0.05) is 31.4 Å². The lowest BCUT2D eigenvalue weighted by atomic mass is 9.68. The molecule has 130 valence electrons. The highest BCUT2D eigenvalue weighted by Crippen LogP contribution is 2.44. The summed E-state index contributed by atoms with van der Waals surface area (Å²) in [5.74, 6) is 0.999. The molecule has 1 aromatic carbocycles.